The number of alkyl halides is 1. The molecule has 1 aromatic rings. The van der Waals surface area contributed by atoms with Crippen LogP contribution in [0.2, 0.25) is 0 Å². The van der Waals surface area contributed by atoms with Crippen molar-refractivity contribution < 1.29 is 12.4 Å². The van der Waals surface area contributed by atoms with Crippen LogP contribution >= 0.6 is 18.9 Å². The Morgan fingerprint density at radius 2 is 1.13 bits per heavy atom. The standard InChI is InChI=1S/C20H35ClP.ClH/c1-4-7-14-22(15-8-5-2,16-9-6-3)18-20-12-10-19(17-21)11-13-20;/h10-13H,4-9,14-18H2,1-3H3;1H/q+1;/p-1. The maximum absolute atomic E-state index is 5.92. The van der Waals surface area contributed by atoms with Gasteiger partial charge in [0.2, 0.25) is 0 Å². The zero-order valence-electron chi connectivity index (χ0n) is 15.3. The first kappa shape index (κ1) is 23.2. The van der Waals surface area contributed by atoms with Gasteiger partial charge in [0.1, 0.15) is 0 Å². The van der Waals surface area contributed by atoms with Crippen LogP contribution in [0.4, 0.5) is 0 Å². The smallest absolute Gasteiger partial charge is 0.0842 e. The lowest BCUT2D eigenvalue weighted by atomic mass is 10.2. The second-order valence-corrected chi connectivity index (χ2v) is 11.3. The van der Waals surface area contributed by atoms with Gasteiger partial charge in [-0.1, -0.05) is 64.3 Å². The molecule has 134 valence electrons. The molecule has 0 spiro atoms. The first-order valence-corrected chi connectivity index (χ1v) is 12.2. The molecule has 0 aromatic heterocycles. The van der Waals surface area contributed by atoms with Crippen molar-refractivity contribution in [3.63, 3.8) is 0 Å². The van der Waals surface area contributed by atoms with Gasteiger partial charge in [0.05, 0.1) is 24.6 Å². The molecule has 0 atom stereocenters. The zero-order valence-corrected chi connectivity index (χ0v) is 17.7. The average Bonchev–Trinajstić information content (AvgIpc) is 2.56. The predicted octanol–water partition coefficient (Wildman–Crippen LogP) is 4.35. The van der Waals surface area contributed by atoms with Gasteiger partial charge in [-0.05, 0) is 30.4 Å². The average molecular weight is 377 g/mol. The summed E-state index contributed by atoms with van der Waals surface area (Å²) in [5.41, 5.74) is 2.79. The van der Waals surface area contributed by atoms with Crippen LogP contribution in [0.15, 0.2) is 24.3 Å². The lowest BCUT2D eigenvalue weighted by Crippen LogP contribution is -3.00. The van der Waals surface area contributed by atoms with Crippen LogP contribution in [0, 0.1) is 0 Å². The molecule has 3 heteroatoms. The van der Waals surface area contributed by atoms with Gasteiger partial charge in [0.25, 0.3) is 0 Å². The van der Waals surface area contributed by atoms with E-state index in [1.165, 1.54) is 68.7 Å². The highest BCUT2D eigenvalue weighted by Crippen LogP contribution is 2.63. The van der Waals surface area contributed by atoms with Gasteiger partial charge in [0.15, 0.2) is 0 Å². The molecule has 1 aromatic carbocycles. The molecule has 0 radical (unpaired) electrons. The highest BCUT2D eigenvalue weighted by molar-refractivity contribution is 7.75. The minimum Gasteiger partial charge on any atom is -1.00 e. The van der Waals surface area contributed by atoms with E-state index in [9.17, 15) is 0 Å². The maximum Gasteiger partial charge on any atom is 0.0842 e. The van der Waals surface area contributed by atoms with Crippen molar-refractivity contribution in [3.8, 4) is 0 Å². The van der Waals surface area contributed by atoms with Crippen molar-refractivity contribution in [1.29, 1.82) is 0 Å². The molecule has 0 aliphatic rings. The van der Waals surface area contributed by atoms with Crippen LogP contribution in [-0.4, -0.2) is 18.5 Å². The summed E-state index contributed by atoms with van der Waals surface area (Å²) in [6.45, 7) is 7.01. The summed E-state index contributed by atoms with van der Waals surface area (Å²) < 4.78 is 0. The Labute approximate surface area is 156 Å². The monoisotopic (exact) mass is 376 g/mol. The van der Waals surface area contributed by atoms with E-state index in [0.29, 0.717) is 5.88 Å². The van der Waals surface area contributed by atoms with E-state index in [1.54, 1.807) is 5.56 Å². The Balaban J connectivity index is 0.00000484. The molecule has 0 unspecified atom stereocenters. The minimum absolute atomic E-state index is 0. The molecule has 0 heterocycles. The van der Waals surface area contributed by atoms with Gasteiger partial charge in [-0.15, -0.1) is 11.6 Å². The summed E-state index contributed by atoms with van der Waals surface area (Å²) in [5, 5.41) is 0. The Morgan fingerprint density at radius 1 is 0.739 bits per heavy atom. The van der Waals surface area contributed by atoms with Gasteiger partial charge in [-0.2, -0.15) is 0 Å². The second kappa shape index (κ2) is 13.5. The van der Waals surface area contributed by atoms with Crippen molar-refractivity contribution in [3.05, 3.63) is 35.4 Å². The first-order valence-electron chi connectivity index (χ1n) is 9.18. The van der Waals surface area contributed by atoms with Gasteiger partial charge < -0.3 is 12.4 Å². The van der Waals surface area contributed by atoms with Crippen LogP contribution in [0.3, 0.4) is 0 Å². The molecule has 0 nitrogen and oxygen atoms in total. The topological polar surface area (TPSA) is 0 Å². The number of unbranched alkanes of at least 4 members (excludes halogenated alkanes) is 3. The number of rotatable bonds is 12. The normalized spacial score (nSPS) is 11.3. The molecule has 0 saturated heterocycles. The van der Waals surface area contributed by atoms with Crippen LogP contribution in [-0.2, 0) is 12.0 Å². The summed E-state index contributed by atoms with van der Waals surface area (Å²) in [4.78, 5) is 0. The van der Waals surface area contributed by atoms with Gasteiger partial charge in [-0.3, -0.25) is 0 Å². The van der Waals surface area contributed by atoms with Crippen LogP contribution in [0.1, 0.15) is 70.4 Å². The largest absolute Gasteiger partial charge is 1.00 e. The minimum atomic E-state index is -0.824. The van der Waals surface area contributed by atoms with Gasteiger partial charge in [0, 0.05) is 13.1 Å². The van der Waals surface area contributed by atoms with Gasteiger partial charge >= 0.3 is 0 Å². The van der Waals surface area contributed by atoms with Crippen molar-refractivity contribution in [2.24, 2.45) is 0 Å². The molecule has 0 bridgehead atoms. The molecule has 0 N–H and O–H groups in total. The third-order valence-corrected chi connectivity index (χ3v) is 9.79. The third-order valence-electron chi connectivity index (χ3n) is 4.65. The van der Waals surface area contributed by atoms with E-state index >= 15 is 0 Å². The summed E-state index contributed by atoms with van der Waals surface area (Å²) in [5.74, 6) is 0.627. The number of benzene rings is 1. The van der Waals surface area contributed by atoms with Crippen LogP contribution in [0.5, 0.6) is 0 Å². The van der Waals surface area contributed by atoms with Crippen molar-refractivity contribution in [1.82, 2.24) is 0 Å². The van der Waals surface area contributed by atoms with Crippen molar-refractivity contribution in [2.75, 3.05) is 18.5 Å². The summed E-state index contributed by atoms with van der Waals surface area (Å²) in [6, 6.07) is 9.10. The van der Waals surface area contributed by atoms with Crippen molar-refractivity contribution in [2.45, 2.75) is 71.3 Å². The zero-order chi connectivity index (χ0) is 16.3. The summed E-state index contributed by atoms with van der Waals surface area (Å²) in [6.07, 6.45) is 14.1. The first-order chi connectivity index (χ1) is 10.7. The maximum atomic E-state index is 5.92. The second-order valence-electron chi connectivity index (χ2n) is 6.68. The molecule has 0 saturated carbocycles. The van der Waals surface area contributed by atoms with E-state index in [0.717, 1.165) is 0 Å². The fraction of sp³-hybridized carbons (Fsp3) is 0.700. The number of hydrogen-bond donors (Lipinski definition) is 0. The lowest BCUT2D eigenvalue weighted by molar-refractivity contribution is -0.00000488. The molecule has 0 fully saturated rings. The Bertz CT molecular complexity index is 367. The van der Waals surface area contributed by atoms with E-state index in [2.05, 4.69) is 45.0 Å². The molecule has 0 amide bonds. The van der Waals surface area contributed by atoms with E-state index in [1.807, 2.05) is 0 Å². The Kier molecular flexibility index (Phi) is 13.6. The lowest BCUT2D eigenvalue weighted by Gasteiger charge is -2.28. The number of hydrogen-bond acceptors (Lipinski definition) is 0. The van der Waals surface area contributed by atoms with Crippen molar-refractivity contribution >= 4 is 18.9 Å². The quantitative estimate of drug-likeness (QED) is 0.375. The molecule has 23 heavy (non-hydrogen) atoms. The highest BCUT2D eigenvalue weighted by atomic mass is 35.5. The highest BCUT2D eigenvalue weighted by Gasteiger charge is 2.35. The van der Waals surface area contributed by atoms with Crippen LogP contribution < -0.4 is 12.4 Å². The summed E-state index contributed by atoms with van der Waals surface area (Å²) in [7, 11) is -0.824. The van der Waals surface area contributed by atoms with E-state index in [-0.39, 0.29) is 12.4 Å². The Hall–Kier alpha value is 0.230. The molecule has 0 aliphatic carbocycles. The SMILES string of the molecule is CCCC[P+](CCCC)(CCCC)Cc1ccc(CCl)cc1.[Cl-]. The fourth-order valence-corrected chi connectivity index (χ4v) is 8.44. The van der Waals surface area contributed by atoms with Gasteiger partial charge in [-0.25, -0.2) is 0 Å². The van der Waals surface area contributed by atoms with Crippen LogP contribution in [0.25, 0.3) is 0 Å². The number of halogens is 2. The fourth-order valence-electron chi connectivity index (χ4n) is 3.17. The molecular formula is C20H35Cl2P. The third kappa shape index (κ3) is 8.76. The summed E-state index contributed by atoms with van der Waals surface area (Å²) >= 11 is 5.92. The van der Waals surface area contributed by atoms with E-state index < -0.39 is 7.26 Å². The Morgan fingerprint density at radius 3 is 1.48 bits per heavy atom. The van der Waals surface area contributed by atoms with E-state index in [4.69, 9.17) is 11.6 Å². The molecule has 1 rings (SSSR count). The molecule has 0 aliphatic heterocycles. The predicted molar refractivity (Wildman–Crippen MR) is 106 cm³/mol. The molecular weight excluding hydrogens is 342 g/mol.